The number of carbonyl (C=O) groups excluding carboxylic acids is 1. The summed E-state index contributed by atoms with van der Waals surface area (Å²) in [5, 5.41) is 0.291. The molecule has 10 heteroatoms. The summed E-state index contributed by atoms with van der Waals surface area (Å²) in [5.74, 6) is 1.12. The summed E-state index contributed by atoms with van der Waals surface area (Å²) >= 11 is 2.91. The molecule has 160 valence electrons. The second kappa shape index (κ2) is 8.77. The van der Waals surface area contributed by atoms with E-state index >= 15 is 0 Å². The van der Waals surface area contributed by atoms with Crippen LogP contribution in [0, 0.1) is 13.8 Å². The van der Waals surface area contributed by atoms with Crippen LogP contribution in [0.2, 0.25) is 0 Å². The van der Waals surface area contributed by atoms with Crippen molar-refractivity contribution in [3.8, 4) is 0 Å². The van der Waals surface area contributed by atoms with E-state index in [0.29, 0.717) is 29.9 Å². The van der Waals surface area contributed by atoms with Crippen molar-refractivity contribution < 1.29 is 13.2 Å². The maximum absolute atomic E-state index is 13.0. The second-order valence-electron chi connectivity index (χ2n) is 7.52. The van der Waals surface area contributed by atoms with Crippen LogP contribution in [0.15, 0.2) is 4.79 Å². The number of nitrogens with one attached hydrogen (secondary N) is 1. The lowest BCUT2D eigenvalue weighted by Crippen LogP contribution is -2.45. The Labute approximate surface area is 179 Å². The Morgan fingerprint density at radius 2 is 2.14 bits per heavy atom. The number of aromatic nitrogens is 2. The molecule has 1 aliphatic heterocycles. The number of amides is 1. The van der Waals surface area contributed by atoms with Gasteiger partial charge in [0.15, 0.2) is 9.84 Å². The zero-order chi connectivity index (χ0) is 21.3. The van der Waals surface area contributed by atoms with Crippen LogP contribution in [0.3, 0.4) is 0 Å². The van der Waals surface area contributed by atoms with Crippen molar-refractivity contribution in [3.63, 3.8) is 0 Å². The number of nitrogens with zero attached hydrogens (tertiary/aromatic N) is 2. The van der Waals surface area contributed by atoms with Crippen molar-refractivity contribution in [3.05, 3.63) is 26.6 Å². The van der Waals surface area contributed by atoms with Crippen molar-refractivity contribution in [1.29, 1.82) is 0 Å². The standard InChI is InChI=1S/C19H27N3O4S3/c1-5-7-22(14-6-8-29(25,26)10-14)19(24)13(4)27-9-15-20-17(23)16-11(2)12(3)28-18(16)21-15/h13-14H,5-10H2,1-4H3,(H,20,21,23)/t13-,14-/m0/s1. The first-order chi connectivity index (χ1) is 13.6. The van der Waals surface area contributed by atoms with E-state index in [-0.39, 0.29) is 34.3 Å². The summed E-state index contributed by atoms with van der Waals surface area (Å²) in [5.41, 5.74) is 0.818. The molecule has 3 rings (SSSR count). The lowest BCUT2D eigenvalue weighted by molar-refractivity contribution is -0.132. The van der Waals surface area contributed by atoms with Gasteiger partial charge in [0.1, 0.15) is 10.7 Å². The van der Waals surface area contributed by atoms with Gasteiger partial charge in [-0.15, -0.1) is 23.1 Å². The zero-order valence-electron chi connectivity index (χ0n) is 17.1. The first-order valence-corrected chi connectivity index (χ1v) is 13.4. The first kappa shape index (κ1) is 22.3. The van der Waals surface area contributed by atoms with Crippen molar-refractivity contribution in [1.82, 2.24) is 14.9 Å². The van der Waals surface area contributed by atoms with E-state index in [9.17, 15) is 18.0 Å². The molecule has 2 aromatic rings. The maximum atomic E-state index is 13.0. The summed E-state index contributed by atoms with van der Waals surface area (Å²) < 4.78 is 23.7. The average molecular weight is 458 g/mol. The number of carbonyl (C=O) groups is 1. The SMILES string of the molecule is CCCN(C(=O)[C@H](C)SCc1nc2sc(C)c(C)c2c(=O)[nH]1)[C@H]1CCS(=O)(=O)C1. The van der Waals surface area contributed by atoms with Gasteiger partial charge in [-0.2, -0.15) is 0 Å². The maximum Gasteiger partial charge on any atom is 0.259 e. The predicted octanol–water partition coefficient (Wildman–Crippen LogP) is 2.65. The largest absolute Gasteiger partial charge is 0.338 e. The molecule has 29 heavy (non-hydrogen) atoms. The Bertz CT molecular complexity index is 1070. The fourth-order valence-electron chi connectivity index (χ4n) is 3.61. The van der Waals surface area contributed by atoms with Gasteiger partial charge in [-0.05, 0) is 39.2 Å². The highest BCUT2D eigenvalue weighted by Gasteiger charge is 2.35. The van der Waals surface area contributed by atoms with E-state index in [0.717, 1.165) is 21.7 Å². The lowest BCUT2D eigenvalue weighted by Gasteiger charge is -2.30. The van der Waals surface area contributed by atoms with Crippen LogP contribution in [-0.2, 0) is 20.4 Å². The third-order valence-corrected chi connectivity index (χ3v) is 9.30. The number of aromatic amines is 1. The molecule has 1 fully saturated rings. The molecule has 0 bridgehead atoms. The minimum atomic E-state index is -3.05. The highest BCUT2D eigenvalue weighted by Crippen LogP contribution is 2.27. The van der Waals surface area contributed by atoms with E-state index in [2.05, 4.69) is 9.97 Å². The Morgan fingerprint density at radius 1 is 1.41 bits per heavy atom. The quantitative estimate of drug-likeness (QED) is 0.686. The van der Waals surface area contributed by atoms with Crippen LogP contribution in [0.4, 0.5) is 0 Å². The fraction of sp³-hybridized carbons (Fsp3) is 0.632. The van der Waals surface area contributed by atoms with Crippen LogP contribution in [0.25, 0.3) is 10.2 Å². The molecular weight excluding hydrogens is 430 g/mol. The van der Waals surface area contributed by atoms with E-state index in [1.807, 2.05) is 27.7 Å². The molecule has 1 amide bonds. The van der Waals surface area contributed by atoms with Crippen LogP contribution in [0.5, 0.6) is 0 Å². The van der Waals surface area contributed by atoms with Crippen molar-refractivity contribution in [2.75, 3.05) is 18.1 Å². The number of sulfone groups is 1. The molecule has 0 spiro atoms. The molecule has 0 saturated carbocycles. The third kappa shape index (κ3) is 4.86. The Balaban J connectivity index is 1.70. The molecule has 1 aliphatic rings. The van der Waals surface area contributed by atoms with Crippen LogP contribution >= 0.6 is 23.1 Å². The molecule has 2 atom stereocenters. The molecule has 0 aromatic carbocycles. The molecule has 2 aromatic heterocycles. The number of fused-ring (bicyclic) bond motifs is 1. The van der Waals surface area contributed by atoms with Crippen LogP contribution in [0.1, 0.15) is 43.0 Å². The number of aryl methyl sites for hydroxylation is 2. The smallest absolute Gasteiger partial charge is 0.259 e. The van der Waals surface area contributed by atoms with Crippen molar-refractivity contribution >= 4 is 49.1 Å². The Kier molecular flexibility index (Phi) is 6.74. The van der Waals surface area contributed by atoms with Crippen LogP contribution in [-0.4, -0.2) is 58.5 Å². The van der Waals surface area contributed by atoms with Gasteiger partial charge in [0.2, 0.25) is 5.91 Å². The normalized spacial score (nSPS) is 19.5. The number of hydrogen-bond donors (Lipinski definition) is 1. The highest BCUT2D eigenvalue weighted by molar-refractivity contribution is 7.99. The van der Waals surface area contributed by atoms with Gasteiger partial charge in [0.05, 0.1) is 27.9 Å². The monoisotopic (exact) mass is 457 g/mol. The van der Waals surface area contributed by atoms with Gasteiger partial charge < -0.3 is 9.88 Å². The van der Waals surface area contributed by atoms with E-state index in [1.165, 1.54) is 23.1 Å². The Morgan fingerprint density at radius 3 is 2.76 bits per heavy atom. The summed E-state index contributed by atoms with van der Waals surface area (Å²) in [7, 11) is -3.05. The van der Waals surface area contributed by atoms with E-state index in [1.54, 1.807) is 4.90 Å². The van der Waals surface area contributed by atoms with Gasteiger partial charge in [-0.25, -0.2) is 13.4 Å². The minimum absolute atomic E-state index is 0.0508. The fourth-order valence-corrected chi connectivity index (χ4v) is 7.21. The molecule has 3 heterocycles. The second-order valence-corrected chi connectivity index (χ2v) is 12.3. The van der Waals surface area contributed by atoms with Gasteiger partial charge in [-0.3, -0.25) is 9.59 Å². The van der Waals surface area contributed by atoms with Crippen molar-refractivity contribution in [2.24, 2.45) is 0 Å². The topological polar surface area (TPSA) is 100 Å². The molecule has 0 aliphatic carbocycles. The summed E-state index contributed by atoms with van der Waals surface area (Å²) in [6.07, 6.45) is 1.29. The van der Waals surface area contributed by atoms with E-state index in [4.69, 9.17) is 0 Å². The summed E-state index contributed by atoms with van der Waals surface area (Å²) in [6.45, 7) is 8.26. The number of thioether (sulfide) groups is 1. The number of thiophene rings is 1. The molecule has 0 radical (unpaired) electrons. The van der Waals surface area contributed by atoms with Crippen LogP contribution < -0.4 is 5.56 Å². The molecule has 0 unspecified atom stereocenters. The average Bonchev–Trinajstić information content (AvgIpc) is 3.16. The van der Waals surface area contributed by atoms with Crippen molar-refractivity contribution in [2.45, 2.75) is 57.6 Å². The predicted molar refractivity (Wildman–Crippen MR) is 120 cm³/mol. The molecule has 1 N–H and O–H groups in total. The Hall–Kier alpha value is -1.39. The summed E-state index contributed by atoms with van der Waals surface area (Å²) in [6, 6.07) is -0.234. The molecule has 7 nitrogen and oxygen atoms in total. The summed E-state index contributed by atoms with van der Waals surface area (Å²) in [4.78, 5) is 36.3. The highest BCUT2D eigenvalue weighted by atomic mass is 32.2. The first-order valence-electron chi connectivity index (χ1n) is 9.74. The number of hydrogen-bond acceptors (Lipinski definition) is 7. The van der Waals surface area contributed by atoms with E-state index < -0.39 is 9.84 Å². The molecule has 1 saturated heterocycles. The number of H-pyrrole nitrogens is 1. The molecular formula is C19H27N3O4S3. The van der Waals surface area contributed by atoms with Gasteiger partial charge in [-0.1, -0.05) is 6.92 Å². The van der Waals surface area contributed by atoms with Gasteiger partial charge in [0.25, 0.3) is 5.56 Å². The lowest BCUT2D eigenvalue weighted by atomic mass is 10.2. The third-order valence-electron chi connectivity index (χ3n) is 5.30. The number of rotatable bonds is 7. The van der Waals surface area contributed by atoms with Gasteiger partial charge >= 0.3 is 0 Å². The van der Waals surface area contributed by atoms with Gasteiger partial charge in [0, 0.05) is 17.5 Å². The zero-order valence-corrected chi connectivity index (χ0v) is 19.6. The minimum Gasteiger partial charge on any atom is -0.338 e.